The number of H-pyrrole nitrogens is 1. The number of aromatic nitrogens is 2. The van der Waals surface area contributed by atoms with Crippen molar-refractivity contribution in [2.45, 2.75) is 19.4 Å². The summed E-state index contributed by atoms with van der Waals surface area (Å²) in [5.74, 6) is -0.997. The number of nitro groups is 1. The van der Waals surface area contributed by atoms with E-state index in [2.05, 4.69) is 15.3 Å². The van der Waals surface area contributed by atoms with E-state index < -0.39 is 22.7 Å². The number of benzene rings is 1. The minimum absolute atomic E-state index is 0.340. The predicted molar refractivity (Wildman–Crippen MR) is 72.1 cm³/mol. The van der Waals surface area contributed by atoms with Crippen LogP contribution in [0.3, 0.4) is 0 Å². The van der Waals surface area contributed by atoms with Crippen LogP contribution in [0.25, 0.3) is 0 Å². The molecule has 2 aromatic rings. The average Bonchev–Trinajstić information content (AvgIpc) is 2.98. The first-order chi connectivity index (χ1) is 10.0. The zero-order valence-electron chi connectivity index (χ0n) is 11.2. The molecule has 0 saturated carbocycles. The fourth-order valence-electron chi connectivity index (χ4n) is 1.87. The Kier molecular flexibility index (Phi) is 4.27. The van der Waals surface area contributed by atoms with Gasteiger partial charge in [0.2, 0.25) is 0 Å². The minimum atomic E-state index is -0.813. The van der Waals surface area contributed by atoms with Crippen molar-refractivity contribution in [3.05, 3.63) is 57.9 Å². The number of hydrogen-bond donors (Lipinski definition) is 2. The highest BCUT2D eigenvalue weighted by molar-refractivity contribution is 5.95. The number of non-ortho nitro benzene ring substituents is 1. The highest BCUT2D eigenvalue weighted by Crippen LogP contribution is 2.19. The fraction of sp³-hybridized carbons (Fsp3) is 0.231. The van der Waals surface area contributed by atoms with Crippen LogP contribution in [0.5, 0.6) is 0 Å². The van der Waals surface area contributed by atoms with Crippen LogP contribution >= 0.6 is 0 Å². The van der Waals surface area contributed by atoms with Crippen molar-refractivity contribution < 1.29 is 14.1 Å². The number of nitrogens with one attached hydrogen (secondary N) is 2. The largest absolute Gasteiger partial charge is 0.347 e. The van der Waals surface area contributed by atoms with Gasteiger partial charge in [-0.2, -0.15) is 0 Å². The van der Waals surface area contributed by atoms with Gasteiger partial charge >= 0.3 is 0 Å². The molecule has 1 heterocycles. The summed E-state index contributed by atoms with van der Waals surface area (Å²) in [6, 6.07) is 2.40. The highest BCUT2D eigenvalue weighted by atomic mass is 19.1. The Morgan fingerprint density at radius 1 is 1.57 bits per heavy atom. The minimum Gasteiger partial charge on any atom is -0.347 e. The first kappa shape index (κ1) is 14.6. The summed E-state index contributed by atoms with van der Waals surface area (Å²) in [5, 5.41) is 13.3. The molecule has 1 aromatic heterocycles. The van der Waals surface area contributed by atoms with Gasteiger partial charge in [-0.25, -0.2) is 9.37 Å². The third-order valence-electron chi connectivity index (χ3n) is 2.97. The molecule has 2 N–H and O–H groups in total. The number of amides is 1. The topological polar surface area (TPSA) is 101 Å². The Morgan fingerprint density at radius 2 is 2.33 bits per heavy atom. The summed E-state index contributed by atoms with van der Waals surface area (Å²) >= 11 is 0. The number of carbonyl (C=O) groups is 1. The second-order valence-electron chi connectivity index (χ2n) is 4.33. The van der Waals surface area contributed by atoms with Crippen LogP contribution in [-0.4, -0.2) is 20.8 Å². The van der Waals surface area contributed by atoms with Crippen LogP contribution in [-0.2, 0) is 0 Å². The molecule has 0 aliphatic heterocycles. The first-order valence-electron chi connectivity index (χ1n) is 6.27. The number of rotatable bonds is 5. The SMILES string of the molecule is CCC(NC(=O)c1cc([N+](=O)[O-])ccc1F)c1ncc[nH]1. The first-order valence-corrected chi connectivity index (χ1v) is 6.27. The van der Waals surface area contributed by atoms with Gasteiger partial charge in [-0.1, -0.05) is 6.92 Å². The van der Waals surface area contributed by atoms with E-state index in [1.807, 2.05) is 6.92 Å². The molecule has 0 saturated heterocycles. The lowest BCUT2D eigenvalue weighted by Gasteiger charge is -2.14. The zero-order valence-corrected chi connectivity index (χ0v) is 11.2. The van der Waals surface area contributed by atoms with Crippen LogP contribution < -0.4 is 5.32 Å². The molecule has 1 aromatic carbocycles. The Hall–Kier alpha value is -2.77. The van der Waals surface area contributed by atoms with E-state index in [4.69, 9.17) is 0 Å². The molecule has 110 valence electrons. The lowest BCUT2D eigenvalue weighted by Crippen LogP contribution is -2.29. The quantitative estimate of drug-likeness (QED) is 0.652. The number of nitrogens with zero attached hydrogens (tertiary/aromatic N) is 2. The van der Waals surface area contributed by atoms with E-state index in [1.54, 1.807) is 6.20 Å². The molecule has 0 spiro atoms. The molecule has 7 nitrogen and oxygen atoms in total. The van der Waals surface area contributed by atoms with E-state index in [0.717, 1.165) is 18.2 Å². The normalized spacial score (nSPS) is 11.9. The van der Waals surface area contributed by atoms with Gasteiger partial charge in [-0.05, 0) is 12.5 Å². The van der Waals surface area contributed by atoms with E-state index in [1.165, 1.54) is 6.20 Å². The summed E-state index contributed by atoms with van der Waals surface area (Å²) < 4.78 is 13.7. The molecule has 1 amide bonds. The van der Waals surface area contributed by atoms with Gasteiger partial charge < -0.3 is 10.3 Å². The number of carbonyl (C=O) groups excluding carboxylic acids is 1. The number of nitro benzene ring substituents is 1. The predicted octanol–water partition coefficient (Wildman–Crippen LogP) is 2.34. The number of hydrogen-bond acceptors (Lipinski definition) is 4. The van der Waals surface area contributed by atoms with E-state index in [-0.39, 0.29) is 11.3 Å². The second kappa shape index (κ2) is 6.12. The lowest BCUT2D eigenvalue weighted by molar-refractivity contribution is -0.384. The molecule has 21 heavy (non-hydrogen) atoms. The molecular weight excluding hydrogens is 279 g/mol. The number of aromatic amines is 1. The third kappa shape index (κ3) is 3.22. The maximum absolute atomic E-state index is 13.7. The van der Waals surface area contributed by atoms with E-state index in [9.17, 15) is 19.3 Å². The third-order valence-corrected chi connectivity index (χ3v) is 2.97. The van der Waals surface area contributed by atoms with Gasteiger partial charge in [0, 0.05) is 24.5 Å². The lowest BCUT2D eigenvalue weighted by atomic mass is 10.1. The summed E-state index contributed by atoms with van der Waals surface area (Å²) in [6.45, 7) is 1.83. The number of imidazole rings is 1. The maximum atomic E-state index is 13.7. The van der Waals surface area contributed by atoms with E-state index in [0.29, 0.717) is 12.2 Å². The molecule has 8 heteroatoms. The van der Waals surface area contributed by atoms with Crippen molar-refractivity contribution in [2.24, 2.45) is 0 Å². The molecule has 2 rings (SSSR count). The standard InChI is InChI=1S/C13H13FN4O3/c1-2-11(12-15-5-6-16-12)17-13(19)9-7-8(18(20)21)3-4-10(9)14/h3-7,11H,2H2,1H3,(H,15,16)(H,17,19). The molecular formula is C13H13FN4O3. The van der Waals surface area contributed by atoms with Crippen LogP contribution in [0.15, 0.2) is 30.6 Å². The Bertz CT molecular complexity index is 657. The summed E-state index contributed by atoms with van der Waals surface area (Å²) in [5.41, 5.74) is -0.707. The summed E-state index contributed by atoms with van der Waals surface area (Å²) in [6.07, 6.45) is 3.69. The van der Waals surface area contributed by atoms with Crippen molar-refractivity contribution >= 4 is 11.6 Å². The fourth-order valence-corrected chi connectivity index (χ4v) is 1.87. The molecule has 1 atom stereocenters. The van der Waals surface area contributed by atoms with Crippen molar-refractivity contribution in [2.75, 3.05) is 0 Å². The van der Waals surface area contributed by atoms with Gasteiger partial charge in [-0.15, -0.1) is 0 Å². The smallest absolute Gasteiger partial charge is 0.270 e. The van der Waals surface area contributed by atoms with Gasteiger partial charge in [0.25, 0.3) is 11.6 Å². The van der Waals surface area contributed by atoms with Gasteiger partial charge in [0.05, 0.1) is 16.5 Å². The van der Waals surface area contributed by atoms with Crippen LogP contribution in [0.1, 0.15) is 35.6 Å². The molecule has 1 unspecified atom stereocenters. The Labute approximate surface area is 119 Å². The molecule has 0 aliphatic carbocycles. The second-order valence-corrected chi connectivity index (χ2v) is 4.33. The summed E-state index contributed by atoms with van der Waals surface area (Å²) in [7, 11) is 0. The average molecular weight is 292 g/mol. The molecule has 0 fully saturated rings. The van der Waals surface area contributed by atoms with Crippen LogP contribution in [0, 0.1) is 15.9 Å². The highest BCUT2D eigenvalue weighted by Gasteiger charge is 2.20. The van der Waals surface area contributed by atoms with Crippen LogP contribution in [0.4, 0.5) is 10.1 Å². The molecule has 0 bridgehead atoms. The molecule has 0 aliphatic rings. The monoisotopic (exact) mass is 292 g/mol. The van der Waals surface area contributed by atoms with Crippen molar-refractivity contribution in [3.8, 4) is 0 Å². The Morgan fingerprint density at radius 3 is 2.90 bits per heavy atom. The van der Waals surface area contributed by atoms with Gasteiger partial charge in [-0.3, -0.25) is 14.9 Å². The Balaban J connectivity index is 2.23. The molecule has 0 radical (unpaired) electrons. The van der Waals surface area contributed by atoms with E-state index >= 15 is 0 Å². The van der Waals surface area contributed by atoms with Gasteiger partial charge in [0.15, 0.2) is 0 Å². The zero-order chi connectivity index (χ0) is 15.4. The van der Waals surface area contributed by atoms with Crippen molar-refractivity contribution in [3.63, 3.8) is 0 Å². The summed E-state index contributed by atoms with van der Waals surface area (Å²) in [4.78, 5) is 29.0. The van der Waals surface area contributed by atoms with Crippen molar-refractivity contribution in [1.29, 1.82) is 0 Å². The van der Waals surface area contributed by atoms with Gasteiger partial charge in [0.1, 0.15) is 11.6 Å². The van der Waals surface area contributed by atoms with Crippen molar-refractivity contribution in [1.82, 2.24) is 15.3 Å². The van der Waals surface area contributed by atoms with Crippen LogP contribution in [0.2, 0.25) is 0 Å². The number of halogens is 1. The maximum Gasteiger partial charge on any atom is 0.270 e.